The number of nitrogen functional groups attached to an aromatic ring is 1. The van der Waals surface area contributed by atoms with E-state index in [1.807, 2.05) is 14.1 Å². The molecule has 4 nitrogen and oxygen atoms in total. The lowest BCUT2D eigenvalue weighted by molar-refractivity contribution is 0.0919. The summed E-state index contributed by atoms with van der Waals surface area (Å²) in [6, 6.07) is 5.19. The third-order valence-corrected chi connectivity index (χ3v) is 3.53. The Morgan fingerprint density at radius 1 is 1.39 bits per heavy atom. The average Bonchev–Trinajstić information content (AvgIpc) is 2.24. The largest absolute Gasteiger partial charge is 0.399 e. The Hall–Kier alpha value is -1.07. The number of hydrogen-bond donors (Lipinski definition) is 2. The van der Waals surface area contributed by atoms with Crippen LogP contribution < -0.4 is 11.1 Å². The summed E-state index contributed by atoms with van der Waals surface area (Å²) in [4.78, 5) is 14.1. The number of nitrogens with two attached hydrogens (primary N) is 1. The molecule has 0 aromatic heterocycles. The summed E-state index contributed by atoms with van der Waals surface area (Å²) in [7, 11) is 3.98. The van der Waals surface area contributed by atoms with Crippen molar-refractivity contribution in [1.82, 2.24) is 10.2 Å². The Bertz CT molecular complexity index is 424. The molecule has 0 unspecified atom stereocenters. The van der Waals surface area contributed by atoms with E-state index in [0.717, 1.165) is 4.47 Å². The zero-order chi connectivity index (χ0) is 13.9. The molecule has 0 saturated heterocycles. The SMILES string of the molecule is CN(C)C(C)(C)CNC(=O)c1cc(N)cc(Br)c1. The van der Waals surface area contributed by atoms with Crippen LogP contribution in [0.2, 0.25) is 0 Å². The van der Waals surface area contributed by atoms with Crippen LogP contribution in [-0.4, -0.2) is 37.0 Å². The molecule has 0 radical (unpaired) electrons. The first-order valence-corrected chi connectivity index (χ1v) is 6.53. The monoisotopic (exact) mass is 313 g/mol. The van der Waals surface area contributed by atoms with Gasteiger partial charge in [0.05, 0.1) is 0 Å². The Morgan fingerprint density at radius 3 is 2.50 bits per heavy atom. The van der Waals surface area contributed by atoms with Gasteiger partial charge in [0, 0.05) is 27.8 Å². The van der Waals surface area contributed by atoms with Gasteiger partial charge < -0.3 is 16.0 Å². The summed E-state index contributed by atoms with van der Waals surface area (Å²) in [6.45, 7) is 4.72. The molecule has 18 heavy (non-hydrogen) atoms. The minimum absolute atomic E-state index is 0.0901. The number of amides is 1. The minimum atomic E-state index is -0.113. The van der Waals surface area contributed by atoms with Gasteiger partial charge in [-0.15, -0.1) is 0 Å². The van der Waals surface area contributed by atoms with Gasteiger partial charge in [0.1, 0.15) is 0 Å². The lowest BCUT2D eigenvalue weighted by Crippen LogP contribution is -2.48. The van der Waals surface area contributed by atoms with Gasteiger partial charge in [-0.2, -0.15) is 0 Å². The number of benzene rings is 1. The molecule has 0 fully saturated rings. The number of carbonyl (C=O) groups is 1. The quantitative estimate of drug-likeness (QED) is 0.837. The van der Waals surface area contributed by atoms with E-state index in [2.05, 4.69) is 40.0 Å². The smallest absolute Gasteiger partial charge is 0.251 e. The second-order valence-corrected chi connectivity index (χ2v) is 6.08. The Labute approximate surface area is 117 Å². The van der Waals surface area contributed by atoms with E-state index in [1.165, 1.54) is 0 Å². The maximum absolute atomic E-state index is 12.0. The summed E-state index contributed by atoms with van der Waals surface area (Å²) in [5.74, 6) is -0.113. The van der Waals surface area contributed by atoms with E-state index in [9.17, 15) is 4.79 Å². The molecule has 0 spiro atoms. The van der Waals surface area contributed by atoms with Gasteiger partial charge >= 0.3 is 0 Å². The van der Waals surface area contributed by atoms with Gasteiger partial charge in [0.25, 0.3) is 5.91 Å². The number of rotatable bonds is 4. The Balaban J connectivity index is 2.72. The molecule has 100 valence electrons. The molecular weight excluding hydrogens is 294 g/mol. The maximum Gasteiger partial charge on any atom is 0.251 e. The molecule has 0 heterocycles. The highest BCUT2D eigenvalue weighted by molar-refractivity contribution is 9.10. The molecule has 0 aliphatic rings. The third-order valence-electron chi connectivity index (χ3n) is 3.07. The highest BCUT2D eigenvalue weighted by atomic mass is 79.9. The van der Waals surface area contributed by atoms with Crippen LogP contribution in [0.25, 0.3) is 0 Å². The topological polar surface area (TPSA) is 58.4 Å². The van der Waals surface area contributed by atoms with Gasteiger partial charge in [0.15, 0.2) is 0 Å². The van der Waals surface area contributed by atoms with Crippen LogP contribution >= 0.6 is 15.9 Å². The lowest BCUT2D eigenvalue weighted by atomic mass is 10.0. The fraction of sp³-hybridized carbons (Fsp3) is 0.462. The van der Waals surface area contributed by atoms with Gasteiger partial charge in [-0.25, -0.2) is 0 Å². The number of halogens is 1. The van der Waals surface area contributed by atoms with Crippen molar-refractivity contribution in [3.63, 3.8) is 0 Å². The van der Waals surface area contributed by atoms with Crippen LogP contribution in [0.5, 0.6) is 0 Å². The van der Waals surface area contributed by atoms with Gasteiger partial charge in [-0.3, -0.25) is 4.79 Å². The third kappa shape index (κ3) is 3.99. The number of likely N-dealkylation sites (N-methyl/N-ethyl adjacent to an activating group) is 1. The average molecular weight is 314 g/mol. The van der Waals surface area contributed by atoms with Crippen molar-refractivity contribution >= 4 is 27.5 Å². The van der Waals surface area contributed by atoms with Gasteiger partial charge in [0.2, 0.25) is 0 Å². The van der Waals surface area contributed by atoms with E-state index >= 15 is 0 Å². The summed E-state index contributed by atoms with van der Waals surface area (Å²) in [5, 5.41) is 2.92. The molecule has 0 aliphatic carbocycles. The van der Waals surface area contributed by atoms with Crippen LogP contribution in [-0.2, 0) is 0 Å². The van der Waals surface area contributed by atoms with Crippen molar-refractivity contribution < 1.29 is 4.79 Å². The first-order valence-electron chi connectivity index (χ1n) is 5.74. The minimum Gasteiger partial charge on any atom is -0.399 e. The van der Waals surface area contributed by atoms with Gasteiger partial charge in [-0.05, 0) is 46.1 Å². The molecular formula is C13H20BrN3O. The molecule has 0 atom stereocenters. The van der Waals surface area contributed by atoms with Crippen molar-refractivity contribution in [3.05, 3.63) is 28.2 Å². The molecule has 1 aromatic carbocycles. The predicted molar refractivity (Wildman–Crippen MR) is 78.7 cm³/mol. The van der Waals surface area contributed by atoms with Crippen LogP contribution in [0.15, 0.2) is 22.7 Å². The molecule has 0 bridgehead atoms. The van der Waals surface area contributed by atoms with Crippen molar-refractivity contribution in [2.75, 3.05) is 26.4 Å². The standard InChI is InChI=1S/C13H20BrN3O/c1-13(2,17(3)4)8-16-12(18)9-5-10(14)7-11(15)6-9/h5-7H,8,15H2,1-4H3,(H,16,18). The predicted octanol–water partition coefficient (Wildman–Crippen LogP) is 2.10. The van der Waals surface area contributed by atoms with E-state index < -0.39 is 0 Å². The summed E-state index contributed by atoms with van der Waals surface area (Å²) in [5.41, 5.74) is 6.76. The number of anilines is 1. The fourth-order valence-corrected chi connectivity index (χ4v) is 1.81. The molecule has 5 heteroatoms. The van der Waals surface area contributed by atoms with Crippen molar-refractivity contribution in [2.24, 2.45) is 0 Å². The van der Waals surface area contributed by atoms with Crippen molar-refractivity contribution in [2.45, 2.75) is 19.4 Å². The zero-order valence-electron chi connectivity index (χ0n) is 11.2. The van der Waals surface area contributed by atoms with E-state index in [0.29, 0.717) is 17.8 Å². The molecule has 1 amide bonds. The first kappa shape index (κ1) is 15.0. The molecule has 1 rings (SSSR count). The number of hydrogen-bond acceptors (Lipinski definition) is 3. The van der Waals surface area contributed by atoms with Crippen molar-refractivity contribution in [3.8, 4) is 0 Å². The Morgan fingerprint density at radius 2 is 2.00 bits per heavy atom. The van der Waals surface area contributed by atoms with E-state index in [1.54, 1.807) is 18.2 Å². The normalized spacial score (nSPS) is 11.7. The second kappa shape index (κ2) is 5.71. The van der Waals surface area contributed by atoms with Crippen LogP contribution in [0.3, 0.4) is 0 Å². The molecule has 3 N–H and O–H groups in total. The number of carbonyl (C=O) groups excluding carboxylic acids is 1. The summed E-state index contributed by atoms with van der Waals surface area (Å²) in [6.07, 6.45) is 0. The summed E-state index contributed by atoms with van der Waals surface area (Å²) < 4.78 is 0.805. The Kier molecular flexibility index (Phi) is 4.76. The highest BCUT2D eigenvalue weighted by Crippen LogP contribution is 2.17. The van der Waals surface area contributed by atoms with Crippen LogP contribution in [0.1, 0.15) is 24.2 Å². The maximum atomic E-state index is 12.0. The first-order chi connectivity index (χ1) is 8.22. The van der Waals surface area contributed by atoms with Crippen LogP contribution in [0, 0.1) is 0 Å². The molecule has 1 aromatic rings. The van der Waals surface area contributed by atoms with Crippen LogP contribution in [0.4, 0.5) is 5.69 Å². The summed E-state index contributed by atoms with van der Waals surface area (Å²) >= 11 is 3.33. The van der Waals surface area contributed by atoms with E-state index in [-0.39, 0.29) is 11.4 Å². The number of nitrogens with zero attached hydrogens (tertiary/aromatic N) is 1. The molecule has 0 saturated carbocycles. The van der Waals surface area contributed by atoms with Gasteiger partial charge in [-0.1, -0.05) is 15.9 Å². The van der Waals surface area contributed by atoms with Crippen molar-refractivity contribution in [1.29, 1.82) is 0 Å². The molecule has 0 aliphatic heterocycles. The lowest BCUT2D eigenvalue weighted by Gasteiger charge is -2.32. The second-order valence-electron chi connectivity index (χ2n) is 5.16. The van der Waals surface area contributed by atoms with E-state index in [4.69, 9.17) is 5.73 Å². The number of nitrogens with one attached hydrogen (secondary N) is 1. The highest BCUT2D eigenvalue weighted by Gasteiger charge is 2.21. The fourth-order valence-electron chi connectivity index (χ4n) is 1.30. The zero-order valence-corrected chi connectivity index (χ0v) is 12.8.